The molecule has 0 aromatic heterocycles. The van der Waals surface area contributed by atoms with E-state index in [1.54, 1.807) is 0 Å². The van der Waals surface area contributed by atoms with E-state index in [-0.39, 0.29) is 32.2 Å². The zero-order chi connectivity index (χ0) is 76.0. The Morgan fingerprint density at radius 1 is 0.286 bits per heavy atom. The van der Waals surface area contributed by atoms with Gasteiger partial charge in [-0.3, -0.25) is 9.59 Å². The Morgan fingerprint density at radius 3 is 0.762 bits per heavy atom. The van der Waals surface area contributed by atoms with Crippen molar-refractivity contribution in [3.05, 3.63) is 36.5 Å². The molecule has 0 saturated heterocycles. The lowest BCUT2D eigenvalue weighted by molar-refractivity contribution is -0.870. The highest BCUT2D eigenvalue weighted by Crippen LogP contribution is 2.22. The molecule has 9 nitrogen and oxygen atoms in total. The number of hydrogen-bond donors (Lipinski definition) is 0. The van der Waals surface area contributed by atoms with Gasteiger partial charge in [0.25, 0.3) is 0 Å². The number of esters is 2. The largest absolute Gasteiger partial charge is 0.545 e. The molecule has 0 rings (SSSR count). The van der Waals surface area contributed by atoms with Gasteiger partial charge in [-0.1, -0.05) is 474 Å². The van der Waals surface area contributed by atoms with Gasteiger partial charge in [-0.05, 0) is 51.4 Å². The topological polar surface area (TPSA) is 111 Å². The SMILES string of the molecule is CCCCCCC/C=C\C/C=C\C/C=C\CCCCCCCCCCCCCCCCCCCCCCCCCCC(=O)OC(COC(=O)CCCCCCCCCCCCCCCCCCCCCCCCCCCCCCCCCCCCCCCCCCC)COC(OCC[N+](C)(C)C)C(=O)[O-]. The number of unbranched alkanes of at least 4 members (excludes halogenated alkanes) is 69. The minimum absolute atomic E-state index is 0.152. The van der Waals surface area contributed by atoms with E-state index in [9.17, 15) is 19.5 Å². The van der Waals surface area contributed by atoms with Gasteiger partial charge < -0.3 is 33.3 Å². The van der Waals surface area contributed by atoms with Crippen LogP contribution in [0.3, 0.4) is 0 Å². The number of rotatable bonds is 90. The number of carboxylic acids is 1. The molecular formula is C96H183NO8. The number of quaternary nitrogens is 1. The van der Waals surface area contributed by atoms with Crippen LogP contribution in [-0.2, 0) is 33.3 Å². The number of aliphatic carboxylic acids is 1. The molecule has 0 amide bonds. The Morgan fingerprint density at radius 2 is 0.514 bits per heavy atom. The van der Waals surface area contributed by atoms with Crippen molar-refractivity contribution < 1.29 is 42.9 Å². The third-order valence-corrected chi connectivity index (χ3v) is 21.9. The van der Waals surface area contributed by atoms with Crippen LogP contribution in [0.2, 0.25) is 0 Å². The molecular weight excluding hydrogens is 1300 g/mol. The van der Waals surface area contributed by atoms with Gasteiger partial charge in [0.2, 0.25) is 0 Å². The van der Waals surface area contributed by atoms with Crippen LogP contribution in [-0.4, -0.2) is 82.3 Å². The van der Waals surface area contributed by atoms with E-state index in [1.165, 1.54) is 424 Å². The lowest BCUT2D eigenvalue weighted by Gasteiger charge is -2.26. The fourth-order valence-electron chi connectivity index (χ4n) is 14.7. The maximum atomic E-state index is 13.0. The van der Waals surface area contributed by atoms with Crippen LogP contribution in [0.1, 0.15) is 502 Å². The summed E-state index contributed by atoms with van der Waals surface area (Å²) in [5.74, 6) is -2.24. The zero-order valence-electron chi connectivity index (χ0n) is 71.4. The summed E-state index contributed by atoms with van der Waals surface area (Å²) in [4.78, 5) is 37.7. The molecule has 0 heterocycles. The molecule has 0 fully saturated rings. The minimum Gasteiger partial charge on any atom is -0.545 e. The summed E-state index contributed by atoms with van der Waals surface area (Å²) in [7, 11) is 5.96. The third-order valence-electron chi connectivity index (χ3n) is 21.9. The summed E-state index contributed by atoms with van der Waals surface area (Å²) < 4.78 is 23.0. The average molecular weight is 1480 g/mol. The van der Waals surface area contributed by atoms with Crippen molar-refractivity contribution in [1.29, 1.82) is 0 Å². The van der Waals surface area contributed by atoms with E-state index in [0.29, 0.717) is 17.4 Å². The predicted octanol–water partition coefficient (Wildman–Crippen LogP) is 29.6. The summed E-state index contributed by atoms with van der Waals surface area (Å²) in [6.07, 6.45) is 112. The first-order chi connectivity index (χ1) is 51.6. The Bertz CT molecular complexity index is 1820. The minimum atomic E-state index is -1.62. The van der Waals surface area contributed by atoms with Crippen LogP contribution < -0.4 is 5.11 Å². The molecule has 9 heteroatoms. The molecule has 0 aliphatic rings. The third kappa shape index (κ3) is 88.6. The number of likely N-dealkylation sites (N-methyl/N-ethyl adjacent to an activating group) is 1. The number of allylic oxidation sites excluding steroid dienone is 6. The first-order valence-corrected chi connectivity index (χ1v) is 47.1. The first-order valence-electron chi connectivity index (χ1n) is 47.1. The van der Waals surface area contributed by atoms with Crippen molar-refractivity contribution in [2.75, 3.05) is 47.5 Å². The van der Waals surface area contributed by atoms with E-state index in [2.05, 4.69) is 50.3 Å². The standard InChI is InChI=1S/C96H183NO8/c1-6-8-10-12-14-16-18-20-22-24-26-28-30-32-34-36-38-40-42-44-46-47-49-50-52-54-56-58-60-62-64-66-68-70-72-74-76-78-80-82-84-86-93(98)103-90-92(91-104-96(95(100)101)102-89-88-97(3,4)5)105-94(99)87-85-83-81-79-77-75-73-71-69-67-65-63-61-59-57-55-53-51-48-45-43-41-39-37-35-33-31-29-27-25-23-21-19-17-15-13-11-9-7-2/h19,21,25,27,31,33,92,96H,6-18,20,22-24,26,28-30,32,34-91H2,1-5H3/b21-19-,27-25-,33-31-. The number of hydrogen-bond acceptors (Lipinski definition) is 8. The second-order valence-corrected chi connectivity index (χ2v) is 33.7. The predicted molar refractivity (Wildman–Crippen MR) is 454 cm³/mol. The Balaban J connectivity index is 3.86. The number of ether oxygens (including phenoxy) is 4. The maximum absolute atomic E-state index is 13.0. The molecule has 2 atom stereocenters. The molecule has 0 N–H and O–H groups in total. The summed E-state index contributed by atoms with van der Waals surface area (Å²) >= 11 is 0. The Kier molecular flexibility index (Phi) is 85.0. The van der Waals surface area contributed by atoms with E-state index in [0.717, 1.165) is 51.4 Å². The van der Waals surface area contributed by atoms with Crippen molar-refractivity contribution in [3.63, 3.8) is 0 Å². The van der Waals surface area contributed by atoms with Crippen molar-refractivity contribution in [3.8, 4) is 0 Å². The van der Waals surface area contributed by atoms with Crippen molar-refractivity contribution >= 4 is 17.9 Å². The highest BCUT2D eigenvalue weighted by Gasteiger charge is 2.22. The summed E-state index contributed by atoms with van der Waals surface area (Å²) in [5, 5.41) is 11.9. The smallest absolute Gasteiger partial charge is 0.306 e. The average Bonchev–Trinajstić information content (AvgIpc) is 1.97. The van der Waals surface area contributed by atoms with Crippen LogP contribution in [0.25, 0.3) is 0 Å². The fourth-order valence-corrected chi connectivity index (χ4v) is 14.7. The van der Waals surface area contributed by atoms with E-state index < -0.39 is 24.3 Å². The van der Waals surface area contributed by atoms with Gasteiger partial charge in [0.05, 0.1) is 40.3 Å². The number of nitrogens with zero attached hydrogens (tertiary/aromatic N) is 1. The molecule has 0 aliphatic heterocycles. The fraction of sp³-hybridized carbons (Fsp3) is 0.906. The number of carbonyl (C=O) groups excluding carboxylic acids is 3. The molecule has 105 heavy (non-hydrogen) atoms. The van der Waals surface area contributed by atoms with Gasteiger partial charge in [-0.15, -0.1) is 0 Å². The molecule has 0 aromatic carbocycles. The highest BCUT2D eigenvalue weighted by atomic mass is 16.7. The Labute approximate surface area is 655 Å². The summed E-state index contributed by atoms with van der Waals surface area (Å²) in [6.45, 7) is 4.83. The van der Waals surface area contributed by atoms with Crippen molar-refractivity contribution in [2.45, 2.75) is 514 Å². The lowest BCUT2D eigenvalue weighted by Crippen LogP contribution is -2.44. The molecule has 0 radical (unpaired) electrons. The molecule has 0 spiro atoms. The monoisotopic (exact) mass is 1480 g/mol. The summed E-state index contributed by atoms with van der Waals surface area (Å²) in [5.41, 5.74) is 0. The molecule has 2 unspecified atom stereocenters. The Hall–Kier alpha value is -2.49. The first kappa shape index (κ1) is 103. The molecule has 0 bridgehead atoms. The van der Waals surface area contributed by atoms with Crippen LogP contribution in [0.4, 0.5) is 0 Å². The lowest BCUT2D eigenvalue weighted by atomic mass is 10.0. The number of carbonyl (C=O) groups is 3. The van der Waals surface area contributed by atoms with Gasteiger partial charge in [0.15, 0.2) is 12.4 Å². The van der Waals surface area contributed by atoms with E-state index in [1.807, 2.05) is 21.1 Å². The van der Waals surface area contributed by atoms with Gasteiger partial charge >= 0.3 is 11.9 Å². The maximum Gasteiger partial charge on any atom is 0.306 e. The highest BCUT2D eigenvalue weighted by molar-refractivity contribution is 5.70. The van der Waals surface area contributed by atoms with Crippen molar-refractivity contribution in [2.24, 2.45) is 0 Å². The van der Waals surface area contributed by atoms with Gasteiger partial charge in [-0.2, -0.15) is 0 Å². The van der Waals surface area contributed by atoms with E-state index >= 15 is 0 Å². The molecule has 0 saturated carbocycles. The van der Waals surface area contributed by atoms with Gasteiger partial charge in [-0.25, -0.2) is 0 Å². The normalized spacial score (nSPS) is 12.7. The number of carboxylic acid groups (broad SMARTS) is 1. The zero-order valence-corrected chi connectivity index (χ0v) is 71.4. The van der Waals surface area contributed by atoms with E-state index in [4.69, 9.17) is 18.9 Å². The van der Waals surface area contributed by atoms with Gasteiger partial charge in [0, 0.05) is 12.8 Å². The van der Waals surface area contributed by atoms with Crippen LogP contribution in [0.5, 0.6) is 0 Å². The van der Waals surface area contributed by atoms with Crippen molar-refractivity contribution in [1.82, 2.24) is 0 Å². The second kappa shape index (κ2) is 87.1. The molecule has 0 aliphatic carbocycles. The van der Waals surface area contributed by atoms with Crippen LogP contribution in [0, 0.1) is 0 Å². The van der Waals surface area contributed by atoms with Gasteiger partial charge in [0.1, 0.15) is 13.2 Å². The summed E-state index contributed by atoms with van der Waals surface area (Å²) in [6, 6.07) is 0. The van der Waals surface area contributed by atoms with Crippen LogP contribution >= 0.6 is 0 Å². The molecule has 0 aromatic rings. The molecule has 620 valence electrons. The quantitative estimate of drug-likeness (QED) is 0.0195. The van der Waals surface area contributed by atoms with Crippen LogP contribution in [0.15, 0.2) is 36.5 Å². The second-order valence-electron chi connectivity index (χ2n) is 33.7.